The van der Waals surface area contributed by atoms with Gasteiger partial charge < -0.3 is 0 Å². The van der Waals surface area contributed by atoms with Gasteiger partial charge in [-0.05, 0) is 29.7 Å². The molecule has 2 aromatic carbocycles. The summed E-state index contributed by atoms with van der Waals surface area (Å²) in [5.41, 5.74) is 4.63. The molecule has 0 N–H and O–H groups in total. The molecular formula is C15H13Br. The molecule has 0 aliphatic heterocycles. The molecule has 0 aliphatic rings. The fourth-order valence-electron chi connectivity index (χ4n) is 1.69. The minimum atomic E-state index is 1.05. The van der Waals surface area contributed by atoms with Crippen molar-refractivity contribution < 1.29 is 0 Å². The van der Waals surface area contributed by atoms with E-state index in [1.807, 2.05) is 18.2 Å². The Bertz CT molecular complexity index is 526. The summed E-state index contributed by atoms with van der Waals surface area (Å²) in [5.74, 6) is 0. The van der Waals surface area contributed by atoms with Gasteiger partial charge in [-0.15, -0.1) is 0 Å². The van der Waals surface area contributed by atoms with Gasteiger partial charge >= 0.3 is 0 Å². The third-order valence-corrected chi connectivity index (χ3v) is 3.26. The molecule has 16 heavy (non-hydrogen) atoms. The first-order valence-electron chi connectivity index (χ1n) is 5.19. The van der Waals surface area contributed by atoms with E-state index in [2.05, 4.69) is 59.8 Å². The summed E-state index contributed by atoms with van der Waals surface area (Å²) in [6.07, 6.45) is 0. The van der Waals surface area contributed by atoms with Crippen molar-refractivity contribution in [3.8, 4) is 0 Å². The fraction of sp³-hybridized carbons (Fsp3) is 0.0667. The van der Waals surface area contributed by atoms with Crippen molar-refractivity contribution in [2.24, 2.45) is 0 Å². The van der Waals surface area contributed by atoms with Crippen LogP contribution in [0.3, 0.4) is 0 Å². The number of benzene rings is 2. The Morgan fingerprint density at radius 3 is 2.50 bits per heavy atom. The van der Waals surface area contributed by atoms with E-state index in [1.165, 1.54) is 11.1 Å². The normalized spacial score (nSPS) is 10.1. The second-order valence-electron chi connectivity index (χ2n) is 3.83. The molecule has 0 radical (unpaired) electrons. The van der Waals surface area contributed by atoms with Crippen LogP contribution in [0.25, 0.3) is 5.57 Å². The molecule has 0 spiro atoms. The summed E-state index contributed by atoms with van der Waals surface area (Å²) in [6.45, 7) is 6.26. The Kier molecular flexibility index (Phi) is 3.25. The highest BCUT2D eigenvalue weighted by molar-refractivity contribution is 9.10. The summed E-state index contributed by atoms with van der Waals surface area (Å²) in [6, 6.07) is 16.6. The molecule has 0 bridgehead atoms. The molecule has 0 fully saturated rings. The van der Waals surface area contributed by atoms with Crippen LogP contribution in [0, 0.1) is 6.92 Å². The lowest BCUT2D eigenvalue weighted by molar-refractivity contribution is 1.44. The Morgan fingerprint density at radius 2 is 1.81 bits per heavy atom. The first-order valence-corrected chi connectivity index (χ1v) is 5.98. The zero-order valence-corrected chi connectivity index (χ0v) is 10.8. The van der Waals surface area contributed by atoms with Crippen molar-refractivity contribution in [1.29, 1.82) is 0 Å². The van der Waals surface area contributed by atoms with Crippen LogP contribution in [0.4, 0.5) is 0 Å². The number of halogens is 1. The van der Waals surface area contributed by atoms with Crippen molar-refractivity contribution >= 4 is 21.5 Å². The van der Waals surface area contributed by atoms with Gasteiger partial charge in [0.1, 0.15) is 0 Å². The van der Waals surface area contributed by atoms with E-state index in [0.29, 0.717) is 0 Å². The largest absolute Gasteiger partial charge is 0.0905 e. The molecule has 0 nitrogen and oxygen atoms in total. The third-order valence-electron chi connectivity index (χ3n) is 2.57. The Hall–Kier alpha value is -1.34. The van der Waals surface area contributed by atoms with Gasteiger partial charge in [-0.25, -0.2) is 0 Å². The zero-order chi connectivity index (χ0) is 11.5. The van der Waals surface area contributed by atoms with Crippen LogP contribution in [0.5, 0.6) is 0 Å². The van der Waals surface area contributed by atoms with Crippen LogP contribution >= 0.6 is 15.9 Å². The fourth-order valence-corrected chi connectivity index (χ4v) is 2.22. The van der Waals surface area contributed by atoms with Crippen LogP contribution in [-0.2, 0) is 0 Å². The monoisotopic (exact) mass is 272 g/mol. The second-order valence-corrected chi connectivity index (χ2v) is 4.68. The number of rotatable bonds is 2. The molecular weight excluding hydrogens is 260 g/mol. The minimum absolute atomic E-state index is 1.05. The molecule has 1 heteroatoms. The number of hydrogen-bond donors (Lipinski definition) is 0. The number of hydrogen-bond acceptors (Lipinski definition) is 0. The smallest absolute Gasteiger partial charge is 0.0253 e. The van der Waals surface area contributed by atoms with Crippen LogP contribution in [0.1, 0.15) is 16.7 Å². The molecule has 0 aromatic heterocycles. The molecule has 0 saturated carbocycles. The predicted octanol–water partition coefficient (Wildman–Crippen LogP) is 4.82. The van der Waals surface area contributed by atoms with Gasteiger partial charge in [0.15, 0.2) is 0 Å². The van der Waals surface area contributed by atoms with Crippen molar-refractivity contribution in [3.63, 3.8) is 0 Å². The second kappa shape index (κ2) is 4.67. The maximum Gasteiger partial charge on any atom is 0.0253 e. The molecule has 0 unspecified atom stereocenters. The van der Waals surface area contributed by atoms with E-state index >= 15 is 0 Å². The summed E-state index contributed by atoms with van der Waals surface area (Å²) >= 11 is 3.55. The topological polar surface area (TPSA) is 0 Å². The van der Waals surface area contributed by atoms with E-state index in [1.54, 1.807) is 0 Å². The van der Waals surface area contributed by atoms with Gasteiger partial charge in [0.05, 0.1) is 0 Å². The highest BCUT2D eigenvalue weighted by atomic mass is 79.9. The van der Waals surface area contributed by atoms with Crippen molar-refractivity contribution in [1.82, 2.24) is 0 Å². The molecule has 0 heterocycles. The van der Waals surface area contributed by atoms with Crippen LogP contribution < -0.4 is 0 Å². The van der Waals surface area contributed by atoms with E-state index in [4.69, 9.17) is 0 Å². The zero-order valence-electron chi connectivity index (χ0n) is 9.20. The Balaban J connectivity index is 2.44. The quantitative estimate of drug-likeness (QED) is 0.736. The SMILES string of the molecule is C=C(c1cccc(C)c1)c1ccccc1Br. The van der Waals surface area contributed by atoms with Gasteiger partial charge in [0.25, 0.3) is 0 Å². The molecule has 0 amide bonds. The summed E-state index contributed by atoms with van der Waals surface area (Å²) in [5, 5.41) is 0. The lowest BCUT2D eigenvalue weighted by Crippen LogP contribution is -1.88. The predicted molar refractivity (Wildman–Crippen MR) is 73.5 cm³/mol. The van der Waals surface area contributed by atoms with Gasteiger partial charge in [0.2, 0.25) is 0 Å². The van der Waals surface area contributed by atoms with Gasteiger partial charge in [-0.1, -0.05) is 70.5 Å². The van der Waals surface area contributed by atoms with Crippen molar-refractivity contribution in [2.75, 3.05) is 0 Å². The molecule has 0 aliphatic carbocycles. The van der Waals surface area contributed by atoms with Gasteiger partial charge in [-0.2, -0.15) is 0 Å². The maximum absolute atomic E-state index is 4.17. The molecule has 2 rings (SSSR count). The lowest BCUT2D eigenvalue weighted by Gasteiger charge is -2.09. The summed E-state index contributed by atoms with van der Waals surface area (Å²) < 4.78 is 1.08. The van der Waals surface area contributed by atoms with Crippen molar-refractivity contribution in [3.05, 3.63) is 76.3 Å². The minimum Gasteiger partial charge on any atom is -0.0905 e. The molecule has 2 aromatic rings. The van der Waals surface area contributed by atoms with Crippen LogP contribution in [0.15, 0.2) is 59.6 Å². The number of aryl methyl sites for hydroxylation is 1. The first-order chi connectivity index (χ1) is 7.68. The summed E-state index contributed by atoms with van der Waals surface area (Å²) in [7, 11) is 0. The lowest BCUT2D eigenvalue weighted by atomic mass is 9.98. The molecule has 0 saturated heterocycles. The average molecular weight is 273 g/mol. The van der Waals surface area contributed by atoms with Gasteiger partial charge in [0, 0.05) is 4.47 Å². The average Bonchev–Trinajstić information content (AvgIpc) is 2.29. The van der Waals surface area contributed by atoms with E-state index in [0.717, 1.165) is 15.6 Å². The first kappa shape index (κ1) is 11.2. The van der Waals surface area contributed by atoms with E-state index < -0.39 is 0 Å². The highest BCUT2D eigenvalue weighted by Crippen LogP contribution is 2.28. The standard InChI is InChI=1S/C15H13Br/c1-11-6-5-7-13(10-11)12(2)14-8-3-4-9-15(14)16/h3-10H,2H2,1H3. The van der Waals surface area contributed by atoms with Gasteiger partial charge in [-0.3, -0.25) is 0 Å². The van der Waals surface area contributed by atoms with Crippen LogP contribution in [0.2, 0.25) is 0 Å². The molecule has 80 valence electrons. The molecule has 0 atom stereocenters. The van der Waals surface area contributed by atoms with Crippen molar-refractivity contribution in [2.45, 2.75) is 6.92 Å². The third kappa shape index (κ3) is 2.25. The Labute approximate surface area is 105 Å². The highest BCUT2D eigenvalue weighted by Gasteiger charge is 2.05. The van der Waals surface area contributed by atoms with E-state index in [9.17, 15) is 0 Å². The van der Waals surface area contributed by atoms with Crippen LogP contribution in [-0.4, -0.2) is 0 Å². The van der Waals surface area contributed by atoms with E-state index in [-0.39, 0.29) is 0 Å². The maximum atomic E-state index is 4.17. The Morgan fingerprint density at radius 1 is 1.06 bits per heavy atom. The summed E-state index contributed by atoms with van der Waals surface area (Å²) in [4.78, 5) is 0.